The van der Waals surface area contributed by atoms with E-state index in [1.807, 2.05) is 30.3 Å². The fourth-order valence-corrected chi connectivity index (χ4v) is 2.80. The fraction of sp³-hybridized carbons (Fsp3) is 0. The first-order valence-corrected chi connectivity index (χ1v) is 6.81. The molecule has 0 aliphatic carbocycles. The Morgan fingerprint density at radius 1 is 1.06 bits per heavy atom. The van der Waals surface area contributed by atoms with Crippen LogP contribution in [0.3, 0.4) is 0 Å². The van der Waals surface area contributed by atoms with Crippen molar-refractivity contribution in [1.29, 1.82) is 0 Å². The molecular formula is C11H8N3S2+. The van der Waals surface area contributed by atoms with Crippen molar-refractivity contribution in [3.8, 4) is 11.4 Å². The normalized spacial score (nSPS) is 10.8. The Morgan fingerprint density at radius 3 is 2.69 bits per heavy atom. The van der Waals surface area contributed by atoms with Gasteiger partial charge in [0.1, 0.15) is 0 Å². The topological polar surface area (TPSA) is 51.8 Å². The fourth-order valence-electron chi connectivity index (χ4n) is 1.63. The number of hydrogen-bond acceptors (Lipinski definition) is 4. The molecule has 0 spiro atoms. The summed E-state index contributed by atoms with van der Waals surface area (Å²) in [6.07, 6.45) is 0. The van der Waals surface area contributed by atoms with Crippen LogP contribution >= 0.6 is 21.1 Å². The van der Waals surface area contributed by atoms with E-state index in [0.717, 1.165) is 27.8 Å². The molecule has 0 unspecified atom stereocenters. The van der Waals surface area contributed by atoms with Gasteiger partial charge in [-0.3, -0.25) is 0 Å². The lowest BCUT2D eigenvalue weighted by Crippen LogP contribution is -1.85. The number of nitrogens with zero attached hydrogens (tertiary/aromatic N) is 2. The zero-order valence-electron chi connectivity index (χ0n) is 8.25. The van der Waals surface area contributed by atoms with Crippen molar-refractivity contribution < 1.29 is 0 Å². The predicted octanol–water partition coefficient (Wildman–Crippen LogP) is 3.28. The molecule has 0 atom stereocenters. The highest BCUT2D eigenvalue weighted by atomic mass is 32.9. The number of nitrogen functional groups attached to an aromatic ring is 1. The Labute approximate surface area is 99.9 Å². The number of rotatable bonds is 1. The van der Waals surface area contributed by atoms with Gasteiger partial charge in [0.15, 0.2) is 0 Å². The van der Waals surface area contributed by atoms with Crippen molar-refractivity contribution in [2.75, 3.05) is 5.73 Å². The van der Waals surface area contributed by atoms with Crippen molar-refractivity contribution in [3.05, 3.63) is 36.4 Å². The summed E-state index contributed by atoms with van der Waals surface area (Å²) in [6.45, 7) is 0. The predicted molar refractivity (Wildman–Crippen MR) is 69.5 cm³/mol. The average Bonchev–Trinajstić information content (AvgIpc) is 2.82. The number of hydrogen-bond donors (Lipinski definition) is 1. The van der Waals surface area contributed by atoms with Gasteiger partial charge >= 0.3 is 21.1 Å². The molecule has 3 nitrogen and oxygen atoms in total. The van der Waals surface area contributed by atoms with Crippen LogP contribution in [0, 0.1) is 0 Å². The molecule has 0 fully saturated rings. The van der Waals surface area contributed by atoms with Crippen LogP contribution in [0.25, 0.3) is 22.2 Å². The second-order valence-electron chi connectivity index (χ2n) is 3.48. The van der Waals surface area contributed by atoms with Gasteiger partial charge in [0, 0.05) is 11.3 Å². The summed E-state index contributed by atoms with van der Waals surface area (Å²) in [5, 5.41) is 2.30. The molecule has 0 amide bonds. The summed E-state index contributed by atoms with van der Waals surface area (Å²) in [5.41, 5.74) is 7.57. The van der Waals surface area contributed by atoms with Gasteiger partial charge in [0.05, 0.1) is 4.37 Å². The highest BCUT2D eigenvalue weighted by Gasteiger charge is 2.09. The van der Waals surface area contributed by atoms with E-state index in [9.17, 15) is 0 Å². The summed E-state index contributed by atoms with van der Waals surface area (Å²) >= 11 is 0. The minimum Gasteiger partial charge on any atom is -0.399 e. The van der Waals surface area contributed by atoms with Crippen molar-refractivity contribution in [2.45, 2.75) is 0 Å². The molecular weight excluding hydrogens is 238 g/mol. The first-order chi connectivity index (χ1) is 7.83. The van der Waals surface area contributed by atoms with Crippen LogP contribution < -0.4 is 5.73 Å². The zero-order valence-corrected chi connectivity index (χ0v) is 9.89. The number of anilines is 1. The number of fused-ring (bicyclic) bond motifs is 1. The van der Waals surface area contributed by atoms with Gasteiger partial charge in [-0.15, -0.1) is 4.37 Å². The molecule has 5 heteroatoms. The molecule has 1 aromatic heterocycles. The number of benzene rings is 2. The Morgan fingerprint density at radius 2 is 1.88 bits per heavy atom. The quantitative estimate of drug-likeness (QED) is 0.407. The van der Waals surface area contributed by atoms with Gasteiger partial charge in [-0.25, -0.2) is 0 Å². The van der Waals surface area contributed by atoms with Crippen LogP contribution in [-0.2, 0) is 0 Å². The van der Waals surface area contributed by atoms with Gasteiger partial charge in [-0.05, 0) is 29.0 Å². The van der Waals surface area contributed by atoms with Crippen LogP contribution in [0.1, 0.15) is 0 Å². The SMILES string of the molecule is Nc1ccc2cc(-c3ns[s+]n3)ccc2c1. The number of aromatic nitrogens is 2. The Kier molecular flexibility index (Phi) is 2.27. The number of nitrogens with two attached hydrogens (primary N) is 1. The van der Waals surface area contributed by atoms with Crippen LogP contribution in [0.5, 0.6) is 0 Å². The monoisotopic (exact) mass is 246 g/mol. The Balaban J connectivity index is 2.20. The van der Waals surface area contributed by atoms with E-state index in [0.29, 0.717) is 0 Å². The van der Waals surface area contributed by atoms with Crippen LogP contribution in [0.2, 0.25) is 0 Å². The summed E-state index contributed by atoms with van der Waals surface area (Å²) in [6, 6.07) is 12.1. The van der Waals surface area contributed by atoms with Crippen LogP contribution in [0.4, 0.5) is 5.69 Å². The molecule has 0 saturated carbocycles. The van der Waals surface area contributed by atoms with E-state index in [2.05, 4.69) is 14.8 Å². The highest BCUT2D eigenvalue weighted by Crippen LogP contribution is 2.24. The minimum absolute atomic E-state index is 0.786. The molecule has 2 aromatic carbocycles. The van der Waals surface area contributed by atoms with Gasteiger partial charge in [0.25, 0.3) is 0 Å². The molecule has 78 valence electrons. The van der Waals surface area contributed by atoms with Crippen molar-refractivity contribution in [1.82, 2.24) is 8.75 Å². The summed E-state index contributed by atoms with van der Waals surface area (Å²) in [5.74, 6) is 0.800. The molecule has 2 N–H and O–H groups in total. The first kappa shape index (κ1) is 9.62. The van der Waals surface area contributed by atoms with Crippen molar-refractivity contribution >= 4 is 37.5 Å². The van der Waals surface area contributed by atoms with E-state index < -0.39 is 0 Å². The maximum atomic E-state index is 5.74. The molecule has 3 rings (SSSR count). The summed E-state index contributed by atoms with van der Waals surface area (Å²) in [4.78, 5) is 0. The van der Waals surface area contributed by atoms with Crippen LogP contribution in [-0.4, -0.2) is 8.75 Å². The van der Waals surface area contributed by atoms with E-state index >= 15 is 0 Å². The van der Waals surface area contributed by atoms with Gasteiger partial charge in [-0.2, -0.15) is 0 Å². The standard InChI is InChI=1S/C11H8N3S2/c12-10-4-3-7-5-9(2-1-8(7)6-10)11-13-15-16-14-11/h1-6H,12H2/q+1. The molecule has 0 radical (unpaired) electrons. The Bertz CT molecular complexity index is 635. The summed E-state index contributed by atoms with van der Waals surface area (Å²) in [7, 11) is 2.81. The average molecular weight is 246 g/mol. The van der Waals surface area contributed by atoms with Crippen LogP contribution in [0.15, 0.2) is 36.4 Å². The lowest BCUT2D eigenvalue weighted by atomic mass is 10.1. The highest BCUT2D eigenvalue weighted by molar-refractivity contribution is 7.64. The maximum absolute atomic E-state index is 5.74. The van der Waals surface area contributed by atoms with Gasteiger partial charge < -0.3 is 5.73 Å². The van der Waals surface area contributed by atoms with Crippen molar-refractivity contribution in [2.24, 2.45) is 0 Å². The maximum Gasteiger partial charge on any atom is 0.462 e. The van der Waals surface area contributed by atoms with Gasteiger partial charge in [-0.1, -0.05) is 18.2 Å². The first-order valence-electron chi connectivity index (χ1n) is 4.74. The van der Waals surface area contributed by atoms with E-state index in [4.69, 9.17) is 5.73 Å². The third-order valence-corrected chi connectivity index (χ3v) is 3.61. The zero-order chi connectivity index (χ0) is 11.0. The molecule has 3 aromatic rings. The van der Waals surface area contributed by atoms with E-state index in [1.165, 1.54) is 21.1 Å². The van der Waals surface area contributed by atoms with Crippen molar-refractivity contribution in [3.63, 3.8) is 0 Å². The Hall–Kier alpha value is -1.59. The molecule has 1 heterocycles. The minimum atomic E-state index is 0.786. The molecule has 0 aliphatic rings. The second kappa shape index (κ2) is 3.77. The third kappa shape index (κ3) is 1.64. The molecule has 16 heavy (non-hydrogen) atoms. The molecule has 0 saturated heterocycles. The molecule has 0 aliphatic heterocycles. The second-order valence-corrected chi connectivity index (χ2v) is 5.03. The van der Waals surface area contributed by atoms with E-state index in [1.54, 1.807) is 0 Å². The lowest BCUT2D eigenvalue weighted by Gasteiger charge is -2.00. The summed E-state index contributed by atoms with van der Waals surface area (Å²) < 4.78 is 8.47. The smallest absolute Gasteiger partial charge is 0.399 e. The van der Waals surface area contributed by atoms with Gasteiger partial charge in [0.2, 0.25) is 5.82 Å². The third-order valence-electron chi connectivity index (χ3n) is 2.40. The largest absolute Gasteiger partial charge is 0.462 e. The van der Waals surface area contributed by atoms with E-state index in [-0.39, 0.29) is 0 Å². The lowest BCUT2D eigenvalue weighted by molar-refractivity contribution is 1.39. The molecule has 0 bridgehead atoms.